The highest BCUT2D eigenvalue weighted by Crippen LogP contribution is 2.22. The van der Waals surface area contributed by atoms with Crippen LogP contribution in [0.4, 0.5) is 0 Å². The average molecular weight is 504 g/mol. The molecule has 0 amide bonds. The summed E-state index contributed by atoms with van der Waals surface area (Å²) in [6.07, 6.45) is 3.36. The second-order valence-electron chi connectivity index (χ2n) is 8.18. The fraction of sp³-hybridized carbons (Fsp3) is 0.241. The van der Waals surface area contributed by atoms with Crippen LogP contribution in [0.25, 0.3) is 11.1 Å². The van der Waals surface area contributed by atoms with Crippen molar-refractivity contribution in [3.05, 3.63) is 109 Å². The number of nitriles is 1. The molecule has 0 bridgehead atoms. The van der Waals surface area contributed by atoms with Crippen LogP contribution >= 0.6 is 11.6 Å². The van der Waals surface area contributed by atoms with E-state index in [0.717, 1.165) is 35.1 Å². The molecule has 0 heterocycles. The molecule has 2 rings (SSSR count). The van der Waals surface area contributed by atoms with Gasteiger partial charge >= 0.3 is 0 Å². The Kier molecular flexibility index (Phi) is 11.4. The minimum absolute atomic E-state index is 0.407. The molecule has 0 aliphatic carbocycles. The Balaban J connectivity index is 1.82. The van der Waals surface area contributed by atoms with E-state index < -0.39 is 0 Å². The minimum Gasteiger partial charge on any atom is -0.480 e. The SMILES string of the molecule is C=CN(CCCCOC(=C)NCc1cccc(-c2cccc(C#N)c2)c1)C(/N=C(\C)Cl)=C(\C)C(=C)N. The normalized spacial score (nSPS) is 11.7. The summed E-state index contributed by atoms with van der Waals surface area (Å²) in [5, 5.41) is 12.8. The molecule has 0 saturated heterocycles. The predicted molar refractivity (Wildman–Crippen MR) is 150 cm³/mol. The second kappa shape index (κ2) is 14.4. The minimum atomic E-state index is 0.407. The maximum absolute atomic E-state index is 9.14. The predicted octanol–water partition coefficient (Wildman–Crippen LogP) is 6.39. The Bertz CT molecular complexity index is 1190. The zero-order valence-corrected chi connectivity index (χ0v) is 21.8. The van der Waals surface area contributed by atoms with Crippen LogP contribution in [0.5, 0.6) is 0 Å². The van der Waals surface area contributed by atoms with Gasteiger partial charge in [0.25, 0.3) is 0 Å². The summed E-state index contributed by atoms with van der Waals surface area (Å²) in [7, 11) is 0. The first-order chi connectivity index (χ1) is 17.2. The standard InChI is InChI=1S/C29H34ClN5O/c1-6-35(29(34-23(4)30)21(2)22(3)32)15-7-8-16-36-24(5)33-20-26-12-10-14-28(18-26)27-13-9-11-25(17-27)19-31/h6,9-14,17-18,33H,1,3,5,7-8,15-16,20,32H2,2,4H3/b29-21+,34-23+. The maximum atomic E-state index is 9.14. The van der Waals surface area contributed by atoms with Crippen LogP contribution in [-0.2, 0) is 11.3 Å². The van der Waals surface area contributed by atoms with Gasteiger partial charge in [-0.1, -0.05) is 55.1 Å². The number of halogens is 1. The Morgan fingerprint density at radius 1 is 1.17 bits per heavy atom. The molecule has 0 saturated carbocycles. The molecule has 0 atom stereocenters. The lowest BCUT2D eigenvalue weighted by atomic mass is 10.0. The van der Waals surface area contributed by atoms with Crippen LogP contribution in [0.15, 0.2) is 102 Å². The number of nitrogens with zero attached hydrogens (tertiary/aromatic N) is 3. The van der Waals surface area contributed by atoms with Crippen molar-refractivity contribution in [2.45, 2.75) is 33.2 Å². The van der Waals surface area contributed by atoms with Crippen molar-refractivity contribution < 1.29 is 4.74 Å². The lowest BCUT2D eigenvalue weighted by Gasteiger charge is -2.23. The van der Waals surface area contributed by atoms with E-state index in [9.17, 15) is 0 Å². The van der Waals surface area contributed by atoms with E-state index in [1.165, 1.54) is 0 Å². The van der Waals surface area contributed by atoms with Gasteiger partial charge in [0.2, 0.25) is 0 Å². The number of rotatable bonds is 14. The van der Waals surface area contributed by atoms with Crippen molar-refractivity contribution in [3.8, 4) is 17.2 Å². The number of allylic oxidation sites excluding steroid dienone is 1. The molecular formula is C29H34ClN5O. The zero-order chi connectivity index (χ0) is 26.5. The van der Waals surface area contributed by atoms with Crippen LogP contribution in [0.2, 0.25) is 0 Å². The van der Waals surface area contributed by atoms with Gasteiger partial charge in [0, 0.05) is 24.4 Å². The summed E-state index contributed by atoms with van der Waals surface area (Å²) in [4.78, 5) is 6.30. The van der Waals surface area contributed by atoms with Gasteiger partial charge in [-0.25, -0.2) is 4.99 Å². The number of unbranched alkanes of at least 4 members (excludes halogenated alkanes) is 1. The Morgan fingerprint density at radius 2 is 1.86 bits per heavy atom. The molecule has 0 unspecified atom stereocenters. The summed E-state index contributed by atoms with van der Waals surface area (Å²) in [5.41, 5.74) is 10.8. The van der Waals surface area contributed by atoms with E-state index in [1.807, 2.05) is 48.2 Å². The molecule has 2 aromatic carbocycles. The van der Waals surface area contributed by atoms with Gasteiger partial charge in [-0.3, -0.25) is 0 Å². The molecule has 0 aliphatic rings. The van der Waals surface area contributed by atoms with Crippen LogP contribution < -0.4 is 11.1 Å². The smallest absolute Gasteiger partial charge is 0.179 e. The molecule has 2 aromatic rings. The number of aliphatic imine (C=N–C) groups is 1. The molecule has 0 aliphatic heterocycles. The van der Waals surface area contributed by atoms with Crippen LogP contribution in [-0.4, -0.2) is 23.2 Å². The van der Waals surface area contributed by atoms with E-state index >= 15 is 0 Å². The Labute approximate surface area is 219 Å². The van der Waals surface area contributed by atoms with Crippen molar-refractivity contribution in [2.75, 3.05) is 13.2 Å². The highest BCUT2D eigenvalue weighted by molar-refractivity contribution is 6.64. The molecule has 7 heteroatoms. The van der Waals surface area contributed by atoms with E-state index in [-0.39, 0.29) is 0 Å². The third-order valence-electron chi connectivity index (χ3n) is 5.38. The molecule has 3 N–H and O–H groups in total. The molecule has 0 fully saturated rings. The van der Waals surface area contributed by atoms with Crippen LogP contribution in [0.1, 0.15) is 37.8 Å². The second-order valence-corrected chi connectivity index (χ2v) is 8.73. The molecule has 188 valence electrons. The fourth-order valence-corrected chi connectivity index (χ4v) is 3.48. The number of nitrogens with one attached hydrogen (secondary N) is 1. The topological polar surface area (TPSA) is 86.7 Å². The Hall–Kier alpha value is -3.95. The van der Waals surface area contributed by atoms with Gasteiger partial charge < -0.3 is 20.7 Å². The molecule has 0 aromatic heterocycles. The van der Waals surface area contributed by atoms with Gasteiger partial charge in [0.15, 0.2) is 5.88 Å². The zero-order valence-electron chi connectivity index (χ0n) is 21.1. The number of benzene rings is 2. The fourth-order valence-electron chi connectivity index (χ4n) is 3.40. The lowest BCUT2D eigenvalue weighted by Crippen LogP contribution is -2.20. The van der Waals surface area contributed by atoms with Crippen molar-refractivity contribution in [3.63, 3.8) is 0 Å². The molecule has 6 nitrogen and oxygen atoms in total. The number of hydrogen-bond donors (Lipinski definition) is 2. The van der Waals surface area contributed by atoms with Gasteiger partial charge in [-0.15, -0.1) is 0 Å². The third-order valence-corrected chi connectivity index (χ3v) is 5.47. The first kappa shape index (κ1) is 28.3. The largest absolute Gasteiger partial charge is 0.480 e. The summed E-state index contributed by atoms with van der Waals surface area (Å²) in [6.45, 7) is 17.0. The van der Waals surface area contributed by atoms with E-state index in [2.05, 4.69) is 42.2 Å². The number of ether oxygens (including phenoxy) is 1. The molecule has 0 radical (unpaired) electrons. The third kappa shape index (κ3) is 9.01. The molecule has 0 spiro atoms. The first-order valence-corrected chi connectivity index (χ1v) is 12.0. The van der Waals surface area contributed by atoms with Gasteiger partial charge in [0.1, 0.15) is 11.0 Å². The first-order valence-electron chi connectivity index (χ1n) is 11.7. The summed E-state index contributed by atoms with van der Waals surface area (Å²) < 4.78 is 5.75. The van der Waals surface area contributed by atoms with E-state index in [4.69, 9.17) is 27.3 Å². The Morgan fingerprint density at radius 3 is 2.50 bits per heavy atom. The highest BCUT2D eigenvalue weighted by atomic mass is 35.5. The van der Waals surface area contributed by atoms with Crippen molar-refractivity contribution in [1.82, 2.24) is 10.2 Å². The summed E-state index contributed by atoms with van der Waals surface area (Å²) in [6, 6.07) is 17.9. The number of hydrogen-bond acceptors (Lipinski definition) is 6. The van der Waals surface area contributed by atoms with E-state index in [1.54, 1.807) is 19.2 Å². The maximum Gasteiger partial charge on any atom is 0.179 e. The van der Waals surface area contributed by atoms with Crippen LogP contribution in [0.3, 0.4) is 0 Å². The van der Waals surface area contributed by atoms with Crippen molar-refractivity contribution in [2.24, 2.45) is 10.7 Å². The quantitative estimate of drug-likeness (QED) is 0.135. The van der Waals surface area contributed by atoms with Gasteiger partial charge in [-0.2, -0.15) is 5.26 Å². The van der Waals surface area contributed by atoms with E-state index in [0.29, 0.717) is 47.8 Å². The van der Waals surface area contributed by atoms with Gasteiger partial charge in [-0.05, 0) is 74.4 Å². The lowest BCUT2D eigenvalue weighted by molar-refractivity contribution is 0.184. The van der Waals surface area contributed by atoms with Crippen molar-refractivity contribution in [1.29, 1.82) is 5.26 Å². The van der Waals surface area contributed by atoms with Crippen LogP contribution in [0, 0.1) is 11.3 Å². The monoisotopic (exact) mass is 503 g/mol. The van der Waals surface area contributed by atoms with Gasteiger partial charge in [0.05, 0.1) is 18.2 Å². The molecular weight excluding hydrogens is 470 g/mol. The summed E-state index contributed by atoms with van der Waals surface area (Å²) >= 11 is 6.00. The number of nitrogens with two attached hydrogens (primary N) is 1. The highest BCUT2D eigenvalue weighted by Gasteiger charge is 2.11. The van der Waals surface area contributed by atoms with Crippen molar-refractivity contribution >= 4 is 16.8 Å². The average Bonchev–Trinajstić information content (AvgIpc) is 2.88. The summed E-state index contributed by atoms with van der Waals surface area (Å²) in [5.74, 6) is 1.16. The molecule has 36 heavy (non-hydrogen) atoms.